The minimum atomic E-state index is 0.193. The Morgan fingerprint density at radius 3 is 1.89 bits per heavy atom. The van der Waals surface area contributed by atoms with Crippen LogP contribution in [0.4, 0.5) is 0 Å². The summed E-state index contributed by atoms with van der Waals surface area (Å²) in [5.74, 6) is 0. The van der Waals surface area contributed by atoms with Crippen molar-refractivity contribution < 1.29 is 0 Å². The summed E-state index contributed by atoms with van der Waals surface area (Å²) in [5, 5.41) is 0.656. The predicted octanol–water partition coefficient (Wildman–Crippen LogP) is 3.91. The maximum Gasteiger partial charge on any atom is 0.114 e. The molecule has 0 fully saturated rings. The van der Waals surface area contributed by atoms with Gasteiger partial charge < -0.3 is 5.43 Å². The lowest BCUT2D eigenvalue weighted by atomic mass is 10.1. The Morgan fingerprint density at radius 2 is 1.47 bits per heavy atom. The van der Waals surface area contributed by atoms with Gasteiger partial charge in [-0.15, -0.1) is 0 Å². The van der Waals surface area contributed by atoms with Crippen molar-refractivity contribution >= 4 is 11.6 Å². The van der Waals surface area contributed by atoms with Crippen molar-refractivity contribution in [1.29, 1.82) is 0 Å². The van der Waals surface area contributed by atoms with E-state index < -0.39 is 0 Å². The zero-order chi connectivity index (χ0) is 13.5. The quantitative estimate of drug-likeness (QED) is 0.769. The largest absolute Gasteiger partial charge is 0.311 e. The van der Waals surface area contributed by atoms with Crippen LogP contribution in [0.15, 0.2) is 71.9 Å². The van der Waals surface area contributed by atoms with Crippen molar-refractivity contribution in [3.8, 4) is 0 Å². The fraction of sp³-hybridized carbons (Fsp3) is 0.125. The second kappa shape index (κ2) is 6.98. The van der Waals surface area contributed by atoms with E-state index in [1.807, 2.05) is 42.5 Å². The molecule has 3 heteroatoms. The van der Waals surface area contributed by atoms with E-state index in [9.17, 15) is 0 Å². The van der Waals surface area contributed by atoms with E-state index in [0.717, 1.165) is 0 Å². The lowest BCUT2D eigenvalue weighted by molar-refractivity contribution is 0.606. The first kappa shape index (κ1) is 13.7. The molecule has 1 atom stereocenters. The summed E-state index contributed by atoms with van der Waals surface area (Å²) in [5.41, 5.74) is 8.42. The number of benzene rings is 2. The van der Waals surface area contributed by atoms with Crippen LogP contribution >= 0.6 is 11.6 Å². The number of halogens is 1. The van der Waals surface area contributed by atoms with Crippen LogP contribution in [-0.4, -0.2) is 0 Å². The second-order valence-corrected chi connectivity index (χ2v) is 4.73. The summed E-state index contributed by atoms with van der Waals surface area (Å²) in [6.07, 6.45) is 1.94. The molecular weight excluding hydrogens is 256 g/mol. The number of aryl methyl sites for hydroxylation is 1. The van der Waals surface area contributed by atoms with Crippen molar-refractivity contribution in [3.63, 3.8) is 0 Å². The lowest BCUT2D eigenvalue weighted by Gasteiger charge is -2.07. The predicted molar refractivity (Wildman–Crippen MR) is 80.6 cm³/mol. The molecule has 0 aromatic heterocycles. The Bertz CT molecular complexity index is 523. The van der Waals surface area contributed by atoms with Crippen LogP contribution in [0.2, 0.25) is 0 Å². The van der Waals surface area contributed by atoms with E-state index in [1.54, 1.807) is 0 Å². The number of hydrogen-bond donors (Lipinski definition) is 2. The summed E-state index contributed by atoms with van der Waals surface area (Å²) in [6, 6.07) is 20.6. The summed E-state index contributed by atoms with van der Waals surface area (Å²) in [4.78, 5) is 0. The summed E-state index contributed by atoms with van der Waals surface area (Å²) >= 11 is 5.74. The zero-order valence-corrected chi connectivity index (χ0v) is 11.6. The molecule has 1 heterocycles. The molecule has 98 valence electrons. The molecule has 2 N–H and O–H groups in total. The first-order valence-electron chi connectivity index (χ1n) is 6.21. The molecule has 1 aliphatic heterocycles. The summed E-state index contributed by atoms with van der Waals surface area (Å²) in [6.45, 7) is 2.08. The van der Waals surface area contributed by atoms with Crippen molar-refractivity contribution in [1.82, 2.24) is 10.9 Å². The van der Waals surface area contributed by atoms with Crippen molar-refractivity contribution in [2.45, 2.75) is 13.0 Å². The highest BCUT2D eigenvalue weighted by atomic mass is 35.5. The number of nitrogens with one attached hydrogen (secondary N) is 2. The third-order valence-corrected chi connectivity index (χ3v) is 2.98. The summed E-state index contributed by atoms with van der Waals surface area (Å²) in [7, 11) is 0. The molecule has 2 aromatic carbocycles. The van der Waals surface area contributed by atoms with Gasteiger partial charge in [0.25, 0.3) is 0 Å². The third kappa shape index (κ3) is 4.43. The van der Waals surface area contributed by atoms with Gasteiger partial charge in [0, 0.05) is 0 Å². The van der Waals surface area contributed by atoms with E-state index in [0.29, 0.717) is 5.16 Å². The zero-order valence-electron chi connectivity index (χ0n) is 10.8. The molecule has 19 heavy (non-hydrogen) atoms. The second-order valence-electron chi connectivity index (χ2n) is 4.33. The van der Waals surface area contributed by atoms with E-state index in [1.165, 1.54) is 11.1 Å². The molecule has 0 bridgehead atoms. The minimum Gasteiger partial charge on any atom is -0.311 e. The molecule has 0 saturated heterocycles. The van der Waals surface area contributed by atoms with Gasteiger partial charge in [-0.1, -0.05) is 77.8 Å². The topological polar surface area (TPSA) is 24.1 Å². The van der Waals surface area contributed by atoms with Gasteiger partial charge in [0.05, 0.1) is 6.04 Å². The van der Waals surface area contributed by atoms with Gasteiger partial charge in [-0.2, -0.15) is 0 Å². The average molecular weight is 273 g/mol. The molecule has 0 aliphatic carbocycles. The van der Waals surface area contributed by atoms with Crippen LogP contribution < -0.4 is 10.9 Å². The maximum absolute atomic E-state index is 5.74. The SMILES string of the molecule is Cc1ccccc1.ClC1=CC(c2ccccc2)NN1. The number of hydrazine groups is 1. The fourth-order valence-electron chi connectivity index (χ4n) is 1.75. The molecule has 1 aliphatic rings. The standard InChI is InChI=1S/C9H9ClN2.C7H8/c10-9-6-8(11-12-9)7-4-2-1-3-5-7;1-7-5-3-2-4-6-7/h1-6,8,11-12H;2-6H,1H3. The van der Waals surface area contributed by atoms with Gasteiger partial charge in [-0.25, -0.2) is 5.43 Å². The molecule has 0 spiro atoms. The molecule has 3 rings (SSSR count). The van der Waals surface area contributed by atoms with Crippen LogP contribution in [0.1, 0.15) is 17.2 Å². The van der Waals surface area contributed by atoms with Gasteiger partial charge in [0.15, 0.2) is 0 Å². The Kier molecular flexibility index (Phi) is 5.01. The van der Waals surface area contributed by atoms with E-state index in [-0.39, 0.29) is 6.04 Å². The number of rotatable bonds is 1. The summed E-state index contributed by atoms with van der Waals surface area (Å²) < 4.78 is 0. The Hall–Kier alpha value is -1.77. The monoisotopic (exact) mass is 272 g/mol. The van der Waals surface area contributed by atoms with Gasteiger partial charge in [-0.05, 0) is 18.6 Å². The van der Waals surface area contributed by atoms with Crippen LogP contribution in [0.5, 0.6) is 0 Å². The highest BCUT2D eigenvalue weighted by Crippen LogP contribution is 2.19. The van der Waals surface area contributed by atoms with E-state index in [4.69, 9.17) is 11.6 Å². The van der Waals surface area contributed by atoms with Crippen molar-refractivity contribution in [3.05, 3.63) is 83.0 Å². The van der Waals surface area contributed by atoms with Gasteiger partial charge in [-0.3, -0.25) is 0 Å². The van der Waals surface area contributed by atoms with Gasteiger partial charge in [0.1, 0.15) is 5.16 Å². The molecule has 0 radical (unpaired) electrons. The van der Waals surface area contributed by atoms with Crippen molar-refractivity contribution in [2.75, 3.05) is 0 Å². The first-order chi connectivity index (χ1) is 9.25. The Labute approximate surface area is 119 Å². The van der Waals surface area contributed by atoms with Gasteiger partial charge >= 0.3 is 0 Å². The van der Waals surface area contributed by atoms with Crippen LogP contribution in [0, 0.1) is 6.92 Å². The minimum absolute atomic E-state index is 0.193. The molecule has 2 nitrogen and oxygen atoms in total. The lowest BCUT2D eigenvalue weighted by Crippen LogP contribution is -2.25. The van der Waals surface area contributed by atoms with E-state index >= 15 is 0 Å². The first-order valence-corrected chi connectivity index (χ1v) is 6.59. The number of hydrogen-bond acceptors (Lipinski definition) is 2. The smallest absolute Gasteiger partial charge is 0.114 e. The fourth-order valence-corrected chi connectivity index (χ4v) is 1.93. The average Bonchev–Trinajstić information content (AvgIpc) is 2.88. The molecular formula is C16H17ClN2. The van der Waals surface area contributed by atoms with Crippen molar-refractivity contribution in [2.24, 2.45) is 0 Å². The molecule has 2 aromatic rings. The molecule has 0 amide bonds. The normalized spacial score (nSPS) is 16.9. The highest BCUT2D eigenvalue weighted by Gasteiger charge is 2.13. The van der Waals surface area contributed by atoms with Crippen LogP contribution in [0.25, 0.3) is 0 Å². The highest BCUT2D eigenvalue weighted by molar-refractivity contribution is 6.29. The van der Waals surface area contributed by atoms with E-state index in [2.05, 4.69) is 42.0 Å². The molecule has 1 unspecified atom stereocenters. The van der Waals surface area contributed by atoms with Gasteiger partial charge in [0.2, 0.25) is 0 Å². The third-order valence-electron chi connectivity index (χ3n) is 2.76. The Morgan fingerprint density at radius 1 is 0.895 bits per heavy atom. The Balaban J connectivity index is 0.000000163. The maximum atomic E-state index is 5.74. The van der Waals surface area contributed by atoms with Crippen LogP contribution in [-0.2, 0) is 0 Å². The van der Waals surface area contributed by atoms with Crippen LogP contribution in [0.3, 0.4) is 0 Å². The molecule has 0 saturated carbocycles.